The van der Waals surface area contributed by atoms with E-state index in [0.29, 0.717) is 6.04 Å². The molecule has 1 aliphatic carbocycles. The molecule has 0 spiro atoms. The van der Waals surface area contributed by atoms with E-state index in [-0.39, 0.29) is 12.1 Å². The Bertz CT molecular complexity index is 844. The second kappa shape index (κ2) is 9.04. The van der Waals surface area contributed by atoms with Crippen LogP contribution in [-0.2, 0) is 4.74 Å². The summed E-state index contributed by atoms with van der Waals surface area (Å²) in [4.78, 5) is 9.56. The van der Waals surface area contributed by atoms with Crippen LogP contribution < -0.4 is 5.32 Å². The molecule has 2 aliphatic heterocycles. The van der Waals surface area contributed by atoms with Crippen molar-refractivity contribution >= 4 is 17.3 Å². The topological polar surface area (TPSA) is 45.6 Å². The van der Waals surface area contributed by atoms with Gasteiger partial charge in [-0.05, 0) is 49.3 Å². The number of aromatic nitrogens is 2. The first-order valence-electron chi connectivity index (χ1n) is 11.3. The Morgan fingerprint density at radius 1 is 1.07 bits per heavy atom. The molecule has 2 aromatic rings. The largest absolute Gasteiger partial charge is 0.379 e. The van der Waals surface area contributed by atoms with Gasteiger partial charge in [0.05, 0.1) is 31.0 Å². The molecule has 2 saturated heterocycles. The molecule has 2 atom stereocenters. The molecule has 4 heterocycles. The lowest BCUT2D eigenvalue weighted by molar-refractivity contribution is 0.0349. The summed E-state index contributed by atoms with van der Waals surface area (Å²) in [7, 11) is 0. The second-order valence-corrected chi connectivity index (χ2v) is 8.94. The molecule has 160 valence electrons. The Labute approximate surface area is 184 Å². The molecule has 6 nitrogen and oxygen atoms in total. The standard InChI is InChI=1S/C23H31N5OS/c30-23-25-21(19-8-3-4-10-24-19)22(28(23)13-12-26-14-16-29-17-15-26)20-9-5-11-27(20)18-6-1-2-7-18/h3-5,8-11,18,21-22H,1-2,6-7,12-17H2,(H,25,30)/t21-,22+/m0/s1. The highest BCUT2D eigenvalue weighted by Gasteiger charge is 2.41. The zero-order valence-electron chi connectivity index (χ0n) is 17.4. The molecule has 2 aromatic heterocycles. The van der Waals surface area contributed by atoms with Gasteiger partial charge in [-0.25, -0.2) is 0 Å². The number of nitrogens with zero attached hydrogens (tertiary/aromatic N) is 4. The van der Waals surface area contributed by atoms with Crippen molar-refractivity contribution in [2.24, 2.45) is 0 Å². The van der Waals surface area contributed by atoms with Crippen molar-refractivity contribution in [3.63, 3.8) is 0 Å². The van der Waals surface area contributed by atoms with E-state index in [0.717, 1.165) is 50.2 Å². The highest BCUT2D eigenvalue weighted by molar-refractivity contribution is 7.80. The summed E-state index contributed by atoms with van der Waals surface area (Å²) in [6.45, 7) is 5.57. The summed E-state index contributed by atoms with van der Waals surface area (Å²) < 4.78 is 8.03. The van der Waals surface area contributed by atoms with Crippen LogP contribution in [0, 0.1) is 0 Å². The monoisotopic (exact) mass is 425 g/mol. The molecular formula is C23H31N5OS. The molecule has 0 amide bonds. The number of hydrogen-bond donors (Lipinski definition) is 1. The minimum atomic E-state index is 0.0680. The van der Waals surface area contributed by atoms with Crippen LogP contribution in [0.3, 0.4) is 0 Å². The number of rotatable bonds is 6. The maximum atomic E-state index is 5.85. The molecule has 0 aromatic carbocycles. The number of morpholine rings is 1. The van der Waals surface area contributed by atoms with Crippen LogP contribution in [0.25, 0.3) is 0 Å². The Kier molecular flexibility index (Phi) is 6.02. The van der Waals surface area contributed by atoms with Crippen molar-refractivity contribution in [3.05, 3.63) is 54.1 Å². The summed E-state index contributed by atoms with van der Waals surface area (Å²) in [5, 5.41) is 4.44. The minimum absolute atomic E-state index is 0.0680. The number of pyridine rings is 1. The first-order valence-corrected chi connectivity index (χ1v) is 11.7. The molecule has 1 saturated carbocycles. The van der Waals surface area contributed by atoms with E-state index in [1.165, 1.54) is 31.4 Å². The second-order valence-electron chi connectivity index (χ2n) is 8.55. The van der Waals surface area contributed by atoms with Gasteiger partial charge in [-0.3, -0.25) is 9.88 Å². The van der Waals surface area contributed by atoms with Crippen LogP contribution in [-0.4, -0.2) is 63.9 Å². The average Bonchev–Trinajstić information content (AvgIpc) is 3.53. The number of hydrogen-bond acceptors (Lipinski definition) is 4. The van der Waals surface area contributed by atoms with Crippen molar-refractivity contribution in [1.29, 1.82) is 0 Å². The molecule has 5 rings (SSSR count). The van der Waals surface area contributed by atoms with Crippen molar-refractivity contribution < 1.29 is 4.74 Å². The normalized spacial score (nSPS) is 25.7. The van der Waals surface area contributed by atoms with Gasteiger partial charge in [0.1, 0.15) is 0 Å². The van der Waals surface area contributed by atoms with Gasteiger partial charge < -0.3 is 19.5 Å². The predicted octanol–water partition coefficient (Wildman–Crippen LogP) is 3.30. The zero-order chi connectivity index (χ0) is 20.3. The van der Waals surface area contributed by atoms with Crippen LogP contribution in [0.2, 0.25) is 0 Å². The molecule has 0 bridgehead atoms. The summed E-state index contributed by atoms with van der Waals surface area (Å²) in [6, 6.07) is 11.5. The van der Waals surface area contributed by atoms with E-state index in [1.807, 2.05) is 12.3 Å². The minimum Gasteiger partial charge on any atom is -0.379 e. The third kappa shape index (κ3) is 3.98. The van der Waals surface area contributed by atoms with Crippen LogP contribution in [0.1, 0.15) is 55.2 Å². The van der Waals surface area contributed by atoms with Crippen LogP contribution in [0.4, 0.5) is 0 Å². The van der Waals surface area contributed by atoms with Gasteiger partial charge in [0.25, 0.3) is 0 Å². The SMILES string of the molecule is S=C1N[C@@H](c2ccccn2)[C@@H](c2cccn2C2CCCC2)N1CCN1CCOCC1. The summed E-state index contributed by atoms with van der Waals surface area (Å²) >= 11 is 5.85. The van der Waals surface area contributed by atoms with Crippen LogP contribution >= 0.6 is 12.2 Å². The van der Waals surface area contributed by atoms with E-state index in [1.54, 1.807) is 0 Å². The highest BCUT2D eigenvalue weighted by atomic mass is 32.1. The lowest BCUT2D eigenvalue weighted by Crippen LogP contribution is -2.42. The van der Waals surface area contributed by atoms with E-state index in [2.05, 4.69) is 55.1 Å². The van der Waals surface area contributed by atoms with E-state index < -0.39 is 0 Å². The quantitative estimate of drug-likeness (QED) is 0.717. The van der Waals surface area contributed by atoms with Crippen molar-refractivity contribution in [2.75, 3.05) is 39.4 Å². The van der Waals surface area contributed by atoms with Crippen molar-refractivity contribution in [1.82, 2.24) is 24.7 Å². The fraction of sp³-hybridized carbons (Fsp3) is 0.565. The summed E-state index contributed by atoms with van der Waals surface area (Å²) in [5.74, 6) is 0. The lowest BCUT2D eigenvalue weighted by Gasteiger charge is -2.33. The number of thiocarbonyl (C=S) groups is 1. The summed E-state index contributed by atoms with van der Waals surface area (Å²) in [5.41, 5.74) is 2.41. The molecule has 0 radical (unpaired) electrons. The number of nitrogens with one attached hydrogen (secondary N) is 1. The van der Waals surface area contributed by atoms with Crippen molar-refractivity contribution in [2.45, 2.75) is 43.8 Å². The maximum Gasteiger partial charge on any atom is 0.170 e. The third-order valence-corrected chi connectivity index (χ3v) is 7.14. The third-order valence-electron chi connectivity index (χ3n) is 6.79. The molecular weight excluding hydrogens is 394 g/mol. The molecule has 1 N–H and O–H groups in total. The summed E-state index contributed by atoms with van der Waals surface area (Å²) in [6.07, 6.45) is 9.34. The van der Waals surface area contributed by atoms with Gasteiger partial charge in [0, 0.05) is 50.3 Å². The van der Waals surface area contributed by atoms with E-state index in [4.69, 9.17) is 17.0 Å². The Balaban J connectivity index is 1.44. The van der Waals surface area contributed by atoms with Gasteiger partial charge in [0.2, 0.25) is 0 Å². The smallest absolute Gasteiger partial charge is 0.170 e. The van der Waals surface area contributed by atoms with Gasteiger partial charge in [0.15, 0.2) is 5.11 Å². The van der Waals surface area contributed by atoms with Crippen LogP contribution in [0.15, 0.2) is 42.7 Å². The van der Waals surface area contributed by atoms with Gasteiger partial charge in [-0.2, -0.15) is 0 Å². The van der Waals surface area contributed by atoms with Crippen LogP contribution in [0.5, 0.6) is 0 Å². The fourth-order valence-corrected chi connectivity index (χ4v) is 5.55. The van der Waals surface area contributed by atoms with Crippen molar-refractivity contribution in [3.8, 4) is 0 Å². The molecule has 30 heavy (non-hydrogen) atoms. The highest BCUT2D eigenvalue weighted by Crippen LogP contribution is 2.41. The average molecular weight is 426 g/mol. The van der Waals surface area contributed by atoms with E-state index in [9.17, 15) is 0 Å². The van der Waals surface area contributed by atoms with Gasteiger partial charge >= 0.3 is 0 Å². The molecule has 3 fully saturated rings. The lowest BCUT2D eigenvalue weighted by atomic mass is 10.0. The Morgan fingerprint density at radius 3 is 2.67 bits per heavy atom. The number of ether oxygens (including phenoxy) is 1. The molecule has 3 aliphatic rings. The van der Waals surface area contributed by atoms with Gasteiger partial charge in [-0.15, -0.1) is 0 Å². The molecule has 0 unspecified atom stereocenters. The first-order chi connectivity index (χ1) is 14.8. The Hall–Kier alpha value is -1.96. The zero-order valence-corrected chi connectivity index (χ0v) is 18.3. The van der Waals surface area contributed by atoms with Gasteiger partial charge in [-0.1, -0.05) is 18.9 Å². The fourth-order valence-electron chi connectivity index (χ4n) is 5.21. The maximum absolute atomic E-state index is 5.85. The Morgan fingerprint density at radius 2 is 1.90 bits per heavy atom. The molecule has 7 heteroatoms. The van der Waals surface area contributed by atoms with E-state index >= 15 is 0 Å². The first kappa shape index (κ1) is 20.0. The predicted molar refractivity (Wildman–Crippen MR) is 121 cm³/mol.